The third-order valence-corrected chi connectivity index (χ3v) is 2.86. The highest BCUT2D eigenvalue weighted by Gasteiger charge is 2.14. The van der Waals surface area contributed by atoms with E-state index in [1.165, 1.54) is 0 Å². The molecule has 0 N–H and O–H groups in total. The molecule has 5 heteroatoms. The van der Waals surface area contributed by atoms with E-state index in [1.54, 1.807) is 14.0 Å². The fourth-order valence-corrected chi connectivity index (χ4v) is 1.78. The summed E-state index contributed by atoms with van der Waals surface area (Å²) in [4.78, 5) is 22.8. The largest absolute Gasteiger partial charge is 0.497 e. The Balaban J connectivity index is 2.31. The number of benzene rings is 1. The summed E-state index contributed by atoms with van der Waals surface area (Å²) in [6.07, 6.45) is -0.229. The maximum Gasteiger partial charge on any atom is 0.313 e. The van der Waals surface area contributed by atoms with Crippen LogP contribution < -0.4 is 4.74 Å². The van der Waals surface area contributed by atoms with Gasteiger partial charge in [-0.05, 0) is 31.5 Å². The quantitative estimate of drug-likeness (QED) is 0.517. The van der Waals surface area contributed by atoms with Crippen molar-refractivity contribution in [2.45, 2.75) is 39.4 Å². The van der Waals surface area contributed by atoms with Crippen LogP contribution in [0.15, 0.2) is 24.3 Å². The monoisotopic (exact) mass is 294 g/mol. The van der Waals surface area contributed by atoms with Crippen LogP contribution in [0.3, 0.4) is 0 Å². The van der Waals surface area contributed by atoms with Gasteiger partial charge in [-0.25, -0.2) is 0 Å². The average Bonchev–Trinajstić information content (AvgIpc) is 2.45. The number of ketones is 1. The summed E-state index contributed by atoms with van der Waals surface area (Å²) < 4.78 is 15.4. The van der Waals surface area contributed by atoms with E-state index in [1.807, 2.05) is 31.2 Å². The Kier molecular flexibility index (Phi) is 7.46. The molecule has 0 aliphatic carbocycles. The first-order valence-corrected chi connectivity index (χ1v) is 6.97. The number of hydrogen-bond donors (Lipinski definition) is 0. The molecule has 21 heavy (non-hydrogen) atoms. The molecular formula is C16H22O5. The van der Waals surface area contributed by atoms with Crippen LogP contribution >= 0.6 is 0 Å². The first-order chi connectivity index (χ1) is 10.0. The lowest BCUT2D eigenvalue weighted by atomic mass is 10.1. The van der Waals surface area contributed by atoms with Gasteiger partial charge in [0.1, 0.15) is 18.0 Å². The molecule has 0 aliphatic rings. The van der Waals surface area contributed by atoms with Crippen LogP contribution in [-0.4, -0.2) is 31.6 Å². The summed E-state index contributed by atoms with van der Waals surface area (Å²) in [5, 5.41) is 0. The topological polar surface area (TPSA) is 61.8 Å². The molecule has 1 atom stereocenters. The predicted octanol–water partition coefficient (Wildman–Crippen LogP) is 2.51. The summed E-state index contributed by atoms with van der Waals surface area (Å²) >= 11 is 0. The van der Waals surface area contributed by atoms with Crippen LogP contribution in [0, 0.1) is 0 Å². The van der Waals surface area contributed by atoms with Gasteiger partial charge in [-0.1, -0.05) is 12.1 Å². The molecule has 0 amide bonds. The molecule has 1 aromatic rings. The Labute approximate surface area is 125 Å². The third kappa shape index (κ3) is 6.90. The summed E-state index contributed by atoms with van der Waals surface area (Å²) in [7, 11) is 1.61. The van der Waals surface area contributed by atoms with Crippen molar-refractivity contribution >= 4 is 11.8 Å². The SMILES string of the molecule is CCOC(=O)CC(=O)C[C@H](C)OCc1ccc(OC)cc1. The molecule has 0 aromatic heterocycles. The number of carbonyl (C=O) groups excluding carboxylic acids is 2. The van der Waals surface area contributed by atoms with Crippen molar-refractivity contribution in [1.82, 2.24) is 0 Å². The van der Waals surface area contributed by atoms with Gasteiger partial charge in [0.05, 0.1) is 26.4 Å². The molecule has 0 saturated carbocycles. The summed E-state index contributed by atoms with van der Waals surface area (Å²) in [6.45, 7) is 4.23. The number of ether oxygens (including phenoxy) is 3. The van der Waals surface area contributed by atoms with Gasteiger partial charge in [0, 0.05) is 6.42 Å². The predicted molar refractivity (Wildman–Crippen MR) is 78.1 cm³/mol. The van der Waals surface area contributed by atoms with Gasteiger partial charge < -0.3 is 14.2 Å². The second-order valence-electron chi connectivity index (χ2n) is 4.69. The van der Waals surface area contributed by atoms with E-state index in [4.69, 9.17) is 14.2 Å². The van der Waals surface area contributed by atoms with E-state index < -0.39 is 5.97 Å². The molecule has 116 valence electrons. The maximum absolute atomic E-state index is 11.6. The standard InChI is InChI=1S/C16H22O5/c1-4-20-16(18)10-14(17)9-12(2)21-11-13-5-7-15(19-3)8-6-13/h5-8,12H,4,9-11H2,1-3H3/t12-/m0/s1. The smallest absolute Gasteiger partial charge is 0.313 e. The van der Waals surface area contributed by atoms with Crippen molar-refractivity contribution in [3.8, 4) is 5.75 Å². The highest BCUT2D eigenvalue weighted by Crippen LogP contribution is 2.13. The molecule has 0 radical (unpaired) electrons. The van der Waals surface area contributed by atoms with E-state index >= 15 is 0 Å². The van der Waals surface area contributed by atoms with Crippen molar-refractivity contribution in [3.63, 3.8) is 0 Å². The van der Waals surface area contributed by atoms with E-state index in [9.17, 15) is 9.59 Å². The lowest BCUT2D eigenvalue weighted by molar-refractivity contribution is -0.146. The third-order valence-electron chi connectivity index (χ3n) is 2.86. The van der Waals surface area contributed by atoms with Gasteiger partial charge in [0.2, 0.25) is 0 Å². The molecule has 0 heterocycles. The summed E-state index contributed by atoms with van der Waals surface area (Å²) in [5.74, 6) is 0.136. The lowest BCUT2D eigenvalue weighted by Gasteiger charge is -2.12. The fourth-order valence-electron chi connectivity index (χ4n) is 1.78. The number of Topliss-reactive ketones (excluding diaryl/α,β-unsaturated/α-hetero) is 1. The zero-order valence-corrected chi connectivity index (χ0v) is 12.8. The van der Waals surface area contributed by atoms with Crippen LogP contribution in [0.5, 0.6) is 5.75 Å². The number of rotatable bonds is 9. The van der Waals surface area contributed by atoms with Crippen LogP contribution in [-0.2, 0) is 25.7 Å². The number of methoxy groups -OCH3 is 1. The molecule has 0 unspecified atom stereocenters. The second kappa shape index (κ2) is 9.13. The van der Waals surface area contributed by atoms with Gasteiger partial charge >= 0.3 is 5.97 Å². The summed E-state index contributed by atoms with van der Waals surface area (Å²) in [5.41, 5.74) is 1.00. The second-order valence-corrected chi connectivity index (χ2v) is 4.69. The first-order valence-electron chi connectivity index (χ1n) is 6.97. The Morgan fingerprint density at radius 1 is 1.19 bits per heavy atom. The van der Waals surface area contributed by atoms with Gasteiger partial charge in [-0.3, -0.25) is 9.59 Å². The van der Waals surface area contributed by atoms with Crippen molar-refractivity contribution in [2.75, 3.05) is 13.7 Å². The number of hydrogen-bond acceptors (Lipinski definition) is 5. The van der Waals surface area contributed by atoms with Crippen molar-refractivity contribution in [1.29, 1.82) is 0 Å². The molecule has 1 rings (SSSR count). The first kappa shape index (κ1) is 17.2. The molecule has 0 fully saturated rings. The van der Waals surface area contributed by atoms with E-state index in [0.717, 1.165) is 11.3 Å². The molecule has 0 bridgehead atoms. The molecule has 0 spiro atoms. The van der Waals surface area contributed by atoms with E-state index in [0.29, 0.717) is 6.61 Å². The Hall–Kier alpha value is -1.88. The van der Waals surface area contributed by atoms with Gasteiger partial charge in [0.15, 0.2) is 0 Å². The maximum atomic E-state index is 11.6. The minimum atomic E-state index is -0.482. The highest BCUT2D eigenvalue weighted by atomic mass is 16.5. The Morgan fingerprint density at radius 2 is 1.86 bits per heavy atom. The molecule has 0 aliphatic heterocycles. The van der Waals surface area contributed by atoms with Gasteiger partial charge in [0.25, 0.3) is 0 Å². The fraction of sp³-hybridized carbons (Fsp3) is 0.500. The van der Waals surface area contributed by atoms with Gasteiger partial charge in [-0.2, -0.15) is 0 Å². The minimum absolute atomic E-state index is 0.171. The number of carbonyl (C=O) groups is 2. The Bertz CT molecular complexity index is 452. The molecule has 5 nitrogen and oxygen atoms in total. The van der Waals surface area contributed by atoms with Crippen LogP contribution in [0.1, 0.15) is 32.3 Å². The lowest BCUT2D eigenvalue weighted by Crippen LogP contribution is -2.18. The molecule has 0 saturated heterocycles. The van der Waals surface area contributed by atoms with Crippen LogP contribution in [0.25, 0.3) is 0 Å². The number of esters is 1. The van der Waals surface area contributed by atoms with Crippen LogP contribution in [0.4, 0.5) is 0 Å². The van der Waals surface area contributed by atoms with Crippen molar-refractivity contribution in [2.24, 2.45) is 0 Å². The Morgan fingerprint density at radius 3 is 2.43 bits per heavy atom. The zero-order chi connectivity index (χ0) is 15.7. The highest BCUT2D eigenvalue weighted by molar-refractivity contribution is 5.95. The zero-order valence-electron chi connectivity index (χ0n) is 12.8. The average molecular weight is 294 g/mol. The van der Waals surface area contributed by atoms with Crippen molar-refractivity contribution < 1.29 is 23.8 Å². The van der Waals surface area contributed by atoms with Gasteiger partial charge in [-0.15, -0.1) is 0 Å². The van der Waals surface area contributed by atoms with E-state index in [-0.39, 0.29) is 31.3 Å². The van der Waals surface area contributed by atoms with Crippen LogP contribution in [0.2, 0.25) is 0 Å². The summed E-state index contributed by atoms with van der Waals surface area (Å²) in [6, 6.07) is 7.53. The minimum Gasteiger partial charge on any atom is -0.497 e. The van der Waals surface area contributed by atoms with E-state index in [2.05, 4.69) is 0 Å². The normalized spacial score (nSPS) is 11.8. The molecule has 1 aromatic carbocycles. The molecular weight excluding hydrogens is 272 g/mol. The van der Waals surface area contributed by atoms with Crippen molar-refractivity contribution in [3.05, 3.63) is 29.8 Å².